The van der Waals surface area contributed by atoms with Gasteiger partial charge in [0.25, 0.3) is 0 Å². The number of benzene rings is 2. The zero-order chi connectivity index (χ0) is 14.1. The van der Waals surface area contributed by atoms with Crippen molar-refractivity contribution in [3.8, 4) is 0 Å². The molecule has 0 saturated carbocycles. The van der Waals surface area contributed by atoms with E-state index in [0.29, 0.717) is 12.0 Å². The third-order valence-electron chi connectivity index (χ3n) is 4.00. The maximum absolute atomic E-state index is 13.8. The molecule has 1 atom stereocenters. The highest BCUT2D eigenvalue weighted by Gasteiger charge is 2.15. The first-order valence-corrected chi connectivity index (χ1v) is 7.74. The van der Waals surface area contributed by atoms with E-state index in [1.165, 1.54) is 30.0 Å². The third kappa shape index (κ3) is 2.79. The van der Waals surface area contributed by atoms with Crippen molar-refractivity contribution in [2.24, 2.45) is 5.73 Å². The Balaban J connectivity index is 1.82. The van der Waals surface area contributed by atoms with Crippen LogP contribution in [0.3, 0.4) is 0 Å². The fraction of sp³-hybridized carbons (Fsp3) is 0.294. The van der Waals surface area contributed by atoms with Crippen LogP contribution in [0, 0.1) is 5.82 Å². The molecule has 0 spiro atoms. The molecule has 2 N–H and O–H groups in total. The van der Waals surface area contributed by atoms with Gasteiger partial charge in [-0.25, -0.2) is 4.39 Å². The zero-order valence-electron chi connectivity index (χ0n) is 11.2. The second-order valence-electron chi connectivity index (χ2n) is 5.43. The van der Waals surface area contributed by atoms with Crippen LogP contribution >= 0.6 is 15.9 Å². The Labute approximate surface area is 127 Å². The summed E-state index contributed by atoms with van der Waals surface area (Å²) in [5, 5.41) is 0. The van der Waals surface area contributed by atoms with Gasteiger partial charge in [-0.05, 0) is 66.1 Å². The van der Waals surface area contributed by atoms with Crippen molar-refractivity contribution in [3.05, 3.63) is 68.9 Å². The van der Waals surface area contributed by atoms with Crippen LogP contribution in [-0.2, 0) is 19.3 Å². The molecular weight excluding hydrogens is 317 g/mol. The number of fused-ring (bicyclic) bond motifs is 1. The molecule has 0 fully saturated rings. The van der Waals surface area contributed by atoms with Gasteiger partial charge in [-0.2, -0.15) is 0 Å². The number of nitrogens with two attached hydrogens (primary N) is 1. The molecule has 1 unspecified atom stereocenters. The van der Waals surface area contributed by atoms with Crippen LogP contribution in [0.1, 0.15) is 34.7 Å². The zero-order valence-corrected chi connectivity index (χ0v) is 12.8. The van der Waals surface area contributed by atoms with Gasteiger partial charge in [0.05, 0.1) is 0 Å². The summed E-state index contributed by atoms with van der Waals surface area (Å²) in [5.74, 6) is -0.190. The molecule has 0 aromatic heterocycles. The summed E-state index contributed by atoms with van der Waals surface area (Å²) in [6.45, 7) is 0. The van der Waals surface area contributed by atoms with Crippen LogP contribution in [0.2, 0.25) is 0 Å². The average molecular weight is 334 g/mol. The van der Waals surface area contributed by atoms with Crippen LogP contribution in [-0.4, -0.2) is 0 Å². The maximum atomic E-state index is 13.8. The Morgan fingerprint density at radius 1 is 1.10 bits per heavy atom. The minimum Gasteiger partial charge on any atom is -0.324 e. The maximum Gasteiger partial charge on any atom is 0.126 e. The summed E-state index contributed by atoms with van der Waals surface area (Å²) >= 11 is 3.38. The molecule has 2 aromatic rings. The molecule has 20 heavy (non-hydrogen) atoms. The van der Waals surface area contributed by atoms with Crippen molar-refractivity contribution in [3.63, 3.8) is 0 Å². The van der Waals surface area contributed by atoms with Gasteiger partial charge >= 0.3 is 0 Å². The standard InChI is InChI=1S/C17H17BrFN/c18-15-6-7-16(19)14(9-15)10-17(20)13-5-4-11-2-1-3-12(11)8-13/h4-9,17H,1-3,10,20H2. The van der Waals surface area contributed by atoms with Crippen molar-refractivity contribution in [1.29, 1.82) is 0 Å². The summed E-state index contributed by atoms with van der Waals surface area (Å²) in [6.07, 6.45) is 4.06. The summed E-state index contributed by atoms with van der Waals surface area (Å²) < 4.78 is 14.7. The molecule has 3 heteroatoms. The van der Waals surface area contributed by atoms with Gasteiger partial charge in [-0.15, -0.1) is 0 Å². The Hall–Kier alpha value is -1.19. The first kappa shape index (κ1) is 13.8. The fourth-order valence-electron chi connectivity index (χ4n) is 2.88. The van der Waals surface area contributed by atoms with Crippen molar-refractivity contribution >= 4 is 15.9 Å². The highest BCUT2D eigenvalue weighted by Crippen LogP contribution is 2.27. The van der Waals surface area contributed by atoms with Crippen molar-refractivity contribution < 1.29 is 4.39 Å². The molecule has 1 aliphatic rings. The Morgan fingerprint density at radius 2 is 1.90 bits per heavy atom. The van der Waals surface area contributed by atoms with E-state index in [4.69, 9.17) is 5.73 Å². The highest BCUT2D eigenvalue weighted by molar-refractivity contribution is 9.10. The van der Waals surface area contributed by atoms with Gasteiger partial charge < -0.3 is 5.73 Å². The number of rotatable bonds is 3. The molecule has 0 bridgehead atoms. The Bertz CT molecular complexity index is 639. The van der Waals surface area contributed by atoms with Gasteiger partial charge in [0.15, 0.2) is 0 Å². The minimum absolute atomic E-state index is 0.162. The molecule has 0 radical (unpaired) electrons. The molecule has 1 nitrogen and oxygen atoms in total. The lowest BCUT2D eigenvalue weighted by atomic mass is 9.96. The lowest BCUT2D eigenvalue weighted by Crippen LogP contribution is -2.14. The monoisotopic (exact) mass is 333 g/mol. The predicted molar refractivity (Wildman–Crippen MR) is 83.2 cm³/mol. The lowest BCUT2D eigenvalue weighted by Gasteiger charge is -2.14. The molecule has 0 heterocycles. The van der Waals surface area contributed by atoms with Crippen LogP contribution < -0.4 is 5.73 Å². The summed E-state index contributed by atoms with van der Waals surface area (Å²) in [7, 11) is 0. The molecule has 2 aromatic carbocycles. The average Bonchev–Trinajstić information content (AvgIpc) is 2.90. The minimum atomic E-state index is -0.190. The smallest absolute Gasteiger partial charge is 0.126 e. The third-order valence-corrected chi connectivity index (χ3v) is 4.49. The van der Waals surface area contributed by atoms with Crippen LogP contribution in [0.5, 0.6) is 0 Å². The summed E-state index contributed by atoms with van der Waals surface area (Å²) in [6, 6.07) is 11.3. The Morgan fingerprint density at radius 3 is 2.75 bits per heavy atom. The summed E-state index contributed by atoms with van der Waals surface area (Å²) in [4.78, 5) is 0. The molecular formula is C17H17BrFN. The number of hydrogen-bond donors (Lipinski definition) is 1. The second kappa shape index (κ2) is 5.66. The normalized spacial score (nSPS) is 15.2. The molecule has 3 rings (SSSR count). The quantitative estimate of drug-likeness (QED) is 0.889. The van der Waals surface area contributed by atoms with Crippen LogP contribution in [0.25, 0.3) is 0 Å². The van der Waals surface area contributed by atoms with Gasteiger partial charge in [-0.1, -0.05) is 34.1 Å². The van der Waals surface area contributed by atoms with Crippen molar-refractivity contribution in [1.82, 2.24) is 0 Å². The second-order valence-corrected chi connectivity index (χ2v) is 6.34. The molecule has 104 valence electrons. The first-order valence-electron chi connectivity index (χ1n) is 6.94. The van der Waals surface area contributed by atoms with Crippen molar-refractivity contribution in [2.75, 3.05) is 0 Å². The van der Waals surface area contributed by atoms with Gasteiger partial charge in [0.1, 0.15) is 5.82 Å². The highest BCUT2D eigenvalue weighted by atomic mass is 79.9. The van der Waals surface area contributed by atoms with E-state index in [-0.39, 0.29) is 11.9 Å². The molecule has 0 aliphatic heterocycles. The SMILES string of the molecule is NC(Cc1cc(Br)ccc1F)c1ccc2c(c1)CCC2. The topological polar surface area (TPSA) is 26.0 Å². The number of halogens is 2. The molecule has 1 aliphatic carbocycles. The van der Waals surface area contributed by atoms with Gasteiger partial charge in [0, 0.05) is 10.5 Å². The number of aryl methyl sites for hydroxylation is 2. The first-order chi connectivity index (χ1) is 9.63. The van der Waals surface area contributed by atoms with E-state index in [1.807, 2.05) is 6.07 Å². The Kier molecular flexibility index (Phi) is 3.90. The van der Waals surface area contributed by atoms with Crippen LogP contribution in [0.15, 0.2) is 40.9 Å². The van der Waals surface area contributed by atoms with E-state index in [0.717, 1.165) is 16.5 Å². The van der Waals surface area contributed by atoms with Gasteiger partial charge in [-0.3, -0.25) is 0 Å². The fourth-order valence-corrected chi connectivity index (χ4v) is 3.29. The van der Waals surface area contributed by atoms with E-state index in [9.17, 15) is 4.39 Å². The lowest BCUT2D eigenvalue weighted by molar-refractivity contribution is 0.593. The van der Waals surface area contributed by atoms with E-state index < -0.39 is 0 Å². The van der Waals surface area contributed by atoms with Gasteiger partial charge in [0.2, 0.25) is 0 Å². The van der Waals surface area contributed by atoms with E-state index >= 15 is 0 Å². The largest absolute Gasteiger partial charge is 0.324 e. The van der Waals surface area contributed by atoms with Crippen LogP contribution in [0.4, 0.5) is 4.39 Å². The summed E-state index contributed by atoms with van der Waals surface area (Å²) in [5.41, 5.74) is 10.9. The molecule has 0 saturated heterocycles. The predicted octanol–water partition coefficient (Wildman–Crippen LogP) is 4.32. The molecule has 0 amide bonds. The van der Waals surface area contributed by atoms with Crippen molar-refractivity contribution in [2.45, 2.75) is 31.7 Å². The number of hydrogen-bond acceptors (Lipinski definition) is 1. The van der Waals surface area contributed by atoms with E-state index in [1.54, 1.807) is 6.07 Å². The van der Waals surface area contributed by atoms with E-state index in [2.05, 4.69) is 34.1 Å².